The lowest BCUT2D eigenvalue weighted by atomic mass is 9.85. The lowest BCUT2D eigenvalue weighted by molar-refractivity contribution is -0.139. The van der Waals surface area contributed by atoms with Crippen molar-refractivity contribution in [3.05, 3.63) is 65.2 Å². The van der Waals surface area contributed by atoms with Crippen LogP contribution in [0.1, 0.15) is 29.5 Å². The van der Waals surface area contributed by atoms with E-state index in [1.807, 2.05) is 32.0 Å². The third-order valence-corrected chi connectivity index (χ3v) is 8.36. The van der Waals surface area contributed by atoms with E-state index < -0.39 is 11.9 Å². The summed E-state index contributed by atoms with van der Waals surface area (Å²) in [5.41, 5.74) is 4.23. The smallest absolute Gasteiger partial charge is 0.316 e. The van der Waals surface area contributed by atoms with E-state index in [0.29, 0.717) is 17.0 Å². The zero-order chi connectivity index (χ0) is 25.3. The third-order valence-electron chi connectivity index (χ3n) is 8.36. The third kappa shape index (κ3) is 3.40. The Balaban J connectivity index is 1.15. The summed E-state index contributed by atoms with van der Waals surface area (Å²) in [6, 6.07) is 10.8. The second-order valence-corrected chi connectivity index (χ2v) is 10.6. The maximum atomic E-state index is 13.1. The number of hydrogen-bond acceptors (Lipinski definition) is 5. The number of ether oxygens (including phenoxy) is 1. The highest BCUT2D eigenvalue weighted by molar-refractivity contribution is 6.23. The number of carbonyl (C=O) groups is 4. The van der Waals surface area contributed by atoms with Gasteiger partial charge in [-0.3, -0.25) is 19.2 Å². The van der Waals surface area contributed by atoms with E-state index in [9.17, 15) is 19.2 Å². The fourth-order valence-corrected chi connectivity index (χ4v) is 6.29. The van der Waals surface area contributed by atoms with Crippen LogP contribution in [0.2, 0.25) is 0 Å². The van der Waals surface area contributed by atoms with E-state index in [-0.39, 0.29) is 54.4 Å². The average molecular weight is 485 g/mol. The number of benzene rings is 2. The first-order valence-corrected chi connectivity index (χ1v) is 12.5. The molecule has 2 aromatic carbocycles. The van der Waals surface area contributed by atoms with Gasteiger partial charge in [0, 0.05) is 18.7 Å². The van der Waals surface area contributed by atoms with E-state index in [2.05, 4.69) is 12.2 Å². The van der Waals surface area contributed by atoms with Crippen molar-refractivity contribution in [1.82, 2.24) is 0 Å². The van der Waals surface area contributed by atoms with E-state index in [0.717, 1.165) is 23.2 Å². The molecule has 1 saturated carbocycles. The fourth-order valence-electron chi connectivity index (χ4n) is 6.29. The minimum absolute atomic E-state index is 0.0960. The number of anilines is 2. The summed E-state index contributed by atoms with van der Waals surface area (Å²) in [6.07, 6.45) is 5.13. The number of fused-ring (bicyclic) bond motifs is 5. The summed E-state index contributed by atoms with van der Waals surface area (Å²) >= 11 is 0. The molecular formula is C29H28N2O5. The van der Waals surface area contributed by atoms with Gasteiger partial charge in [-0.15, -0.1) is 0 Å². The maximum absolute atomic E-state index is 13.1. The second-order valence-electron chi connectivity index (χ2n) is 10.6. The number of hydrogen-bond donors (Lipinski definition) is 0. The molecule has 4 aliphatic rings. The quantitative estimate of drug-likeness (QED) is 0.285. The Bertz CT molecular complexity index is 1330. The normalized spacial score (nSPS) is 28.4. The molecule has 184 valence electrons. The molecule has 0 radical (unpaired) electrons. The van der Waals surface area contributed by atoms with Crippen molar-refractivity contribution >= 4 is 35.1 Å². The molecule has 2 aromatic rings. The first kappa shape index (κ1) is 22.7. The molecule has 36 heavy (non-hydrogen) atoms. The van der Waals surface area contributed by atoms with Crippen LogP contribution in [-0.4, -0.2) is 30.2 Å². The van der Waals surface area contributed by atoms with Gasteiger partial charge in [0.15, 0.2) is 0 Å². The first-order chi connectivity index (χ1) is 17.2. The van der Waals surface area contributed by atoms with Gasteiger partial charge in [0.05, 0.1) is 23.4 Å². The van der Waals surface area contributed by atoms with Crippen LogP contribution in [0.15, 0.2) is 48.6 Å². The Morgan fingerprint density at radius 1 is 0.861 bits per heavy atom. The molecule has 7 heteroatoms. The molecule has 2 saturated heterocycles. The van der Waals surface area contributed by atoms with E-state index >= 15 is 0 Å². The molecule has 6 rings (SSSR count). The molecule has 2 aliphatic carbocycles. The Morgan fingerprint density at radius 2 is 1.56 bits per heavy atom. The SMILES string of the molecule is Cc1ccc(N2C[C@H](C(=O)Oc3ccc(N4C(=O)[C@H]5[C@H](C4=O)[C@H]4C=C[C@H]5C4)c(C)c3)CC2=O)cc1C. The van der Waals surface area contributed by atoms with Crippen LogP contribution in [0, 0.1) is 50.4 Å². The number of rotatable bonds is 4. The molecule has 3 amide bonds. The Hall–Kier alpha value is -3.74. The van der Waals surface area contributed by atoms with Crippen molar-refractivity contribution in [1.29, 1.82) is 0 Å². The number of amides is 3. The fraction of sp³-hybridized carbons (Fsp3) is 0.379. The van der Waals surface area contributed by atoms with Gasteiger partial charge in [0.25, 0.3) is 0 Å². The minimum atomic E-state index is -0.567. The van der Waals surface area contributed by atoms with Crippen LogP contribution in [-0.2, 0) is 19.2 Å². The zero-order valence-corrected chi connectivity index (χ0v) is 20.6. The van der Waals surface area contributed by atoms with Crippen molar-refractivity contribution in [3.8, 4) is 5.75 Å². The van der Waals surface area contributed by atoms with Crippen LogP contribution in [0.3, 0.4) is 0 Å². The highest BCUT2D eigenvalue weighted by Crippen LogP contribution is 2.53. The highest BCUT2D eigenvalue weighted by atomic mass is 16.5. The van der Waals surface area contributed by atoms with E-state index in [1.54, 1.807) is 30.0 Å². The standard InChI is InChI=1S/C29H28N2O5/c1-15-4-7-21(10-16(15)2)30-14-20(13-24(30)32)29(35)36-22-8-9-23(17(3)11-22)31-27(33)25-18-5-6-19(12-18)26(25)28(31)34/h4-11,18-20,25-26H,12-14H2,1-3H3/t18-,19-,20+,25+,26+/m0/s1. The minimum Gasteiger partial charge on any atom is -0.426 e. The molecule has 2 aliphatic heterocycles. The van der Waals surface area contributed by atoms with Gasteiger partial charge >= 0.3 is 5.97 Å². The van der Waals surface area contributed by atoms with Crippen molar-refractivity contribution in [2.75, 3.05) is 16.3 Å². The summed E-state index contributed by atoms with van der Waals surface area (Å²) in [5, 5.41) is 0. The summed E-state index contributed by atoms with van der Waals surface area (Å²) in [7, 11) is 0. The Kier molecular flexibility index (Phi) is 5.14. The van der Waals surface area contributed by atoms with Crippen molar-refractivity contribution in [2.45, 2.75) is 33.6 Å². The monoisotopic (exact) mass is 484 g/mol. The molecule has 0 spiro atoms. The van der Waals surface area contributed by atoms with Crippen molar-refractivity contribution in [3.63, 3.8) is 0 Å². The van der Waals surface area contributed by atoms with Gasteiger partial charge in [0.2, 0.25) is 17.7 Å². The highest BCUT2D eigenvalue weighted by Gasteiger charge is 2.59. The first-order valence-electron chi connectivity index (χ1n) is 12.5. The van der Waals surface area contributed by atoms with Gasteiger partial charge in [-0.2, -0.15) is 0 Å². The van der Waals surface area contributed by atoms with Crippen LogP contribution in [0.5, 0.6) is 5.75 Å². The lowest BCUT2D eigenvalue weighted by Crippen LogP contribution is -2.33. The summed E-state index contributed by atoms with van der Waals surface area (Å²) in [4.78, 5) is 54.8. The van der Waals surface area contributed by atoms with Gasteiger partial charge in [0.1, 0.15) is 5.75 Å². The number of carbonyl (C=O) groups excluding carboxylic acids is 4. The molecule has 3 fully saturated rings. The lowest BCUT2D eigenvalue weighted by Gasteiger charge is -2.20. The van der Waals surface area contributed by atoms with Gasteiger partial charge < -0.3 is 9.64 Å². The number of nitrogens with zero attached hydrogens (tertiary/aromatic N) is 2. The largest absolute Gasteiger partial charge is 0.426 e. The number of allylic oxidation sites excluding steroid dienone is 2. The molecule has 2 heterocycles. The molecule has 7 nitrogen and oxygen atoms in total. The molecule has 0 unspecified atom stereocenters. The zero-order valence-electron chi connectivity index (χ0n) is 20.6. The van der Waals surface area contributed by atoms with Crippen LogP contribution in [0.25, 0.3) is 0 Å². The van der Waals surface area contributed by atoms with Crippen molar-refractivity contribution in [2.24, 2.45) is 29.6 Å². The number of esters is 1. The summed E-state index contributed by atoms with van der Waals surface area (Å²) in [6.45, 7) is 6.08. The van der Waals surface area contributed by atoms with E-state index in [4.69, 9.17) is 4.74 Å². The van der Waals surface area contributed by atoms with Crippen LogP contribution < -0.4 is 14.5 Å². The van der Waals surface area contributed by atoms with Gasteiger partial charge in [-0.25, -0.2) is 4.90 Å². The van der Waals surface area contributed by atoms with Gasteiger partial charge in [-0.1, -0.05) is 18.2 Å². The predicted octanol–water partition coefficient (Wildman–Crippen LogP) is 3.88. The number of aryl methyl sites for hydroxylation is 3. The topological polar surface area (TPSA) is 84.0 Å². The molecular weight excluding hydrogens is 456 g/mol. The predicted molar refractivity (Wildman–Crippen MR) is 133 cm³/mol. The van der Waals surface area contributed by atoms with E-state index in [1.165, 1.54) is 4.90 Å². The maximum Gasteiger partial charge on any atom is 0.316 e. The average Bonchev–Trinajstić information content (AvgIpc) is 3.60. The molecule has 2 bridgehead atoms. The Labute approximate surface area is 209 Å². The number of imide groups is 1. The second kappa shape index (κ2) is 8.15. The molecule has 0 aromatic heterocycles. The van der Waals surface area contributed by atoms with Crippen LogP contribution in [0.4, 0.5) is 11.4 Å². The van der Waals surface area contributed by atoms with Crippen molar-refractivity contribution < 1.29 is 23.9 Å². The summed E-state index contributed by atoms with van der Waals surface area (Å²) < 4.78 is 5.63. The molecule has 0 N–H and O–H groups in total. The summed E-state index contributed by atoms with van der Waals surface area (Å²) in [5.74, 6) is -1.29. The Morgan fingerprint density at radius 3 is 2.19 bits per heavy atom. The molecule has 5 atom stereocenters. The van der Waals surface area contributed by atoms with Gasteiger partial charge in [-0.05, 0) is 86.1 Å². The van der Waals surface area contributed by atoms with Crippen LogP contribution >= 0.6 is 0 Å².